The molecule has 1 aliphatic rings. The van der Waals surface area contributed by atoms with Crippen molar-refractivity contribution in [3.63, 3.8) is 0 Å². The normalized spacial score (nSPS) is 21.2. The Morgan fingerprint density at radius 3 is 2.61 bits per heavy atom. The standard InChI is InChI=1S/C18H28N2O2S/c1-18(2,22)13-20(12-14-7-5-4-6-8-14)17(21)19-15-9-10-16(11-15)23-3/h4-8,15-16,22H,9-13H2,1-3H3,(H,19,21)/t15-,16+/m1/s1. The molecule has 0 unspecified atom stereocenters. The first kappa shape index (κ1) is 18.1. The zero-order chi connectivity index (χ0) is 16.9. The van der Waals surface area contributed by atoms with Crippen molar-refractivity contribution in [3.8, 4) is 0 Å². The van der Waals surface area contributed by atoms with Gasteiger partial charge in [-0.15, -0.1) is 0 Å². The van der Waals surface area contributed by atoms with Crippen LogP contribution in [0.25, 0.3) is 0 Å². The van der Waals surface area contributed by atoms with Crippen LogP contribution in [-0.4, -0.2) is 45.7 Å². The number of rotatable bonds is 6. The molecule has 2 amide bonds. The molecule has 2 N–H and O–H groups in total. The molecule has 0 radical (unpaired) electrons. The predicted molar refractivity (Wildman–Crippen MR) is 96.6 cm³/mol. The summed E-state index contributed by atoms with van der Waals surface area (Å²) in [5.74, 6) is 0. The van der Waals surface area contributed by atoms with E-state index in [0.29, 0.717) is 18.3 Å². The maximum atomic E-state index is 12.7. The fourth-order valence-electron chi connectivity index (χ4n) is 3.02. The third kappa shape index (κ3) is 6.07. The van der Waals surface area contributed by atoms with Gasteiger partial charge >= 0.3 is 6.03 Å². The maximum absolute atomic E-state index is 12.7. The topological polar surface area (TPSA) is 52.6 Å². The van der Waals surface area contributed by atoms with Crippen LogP contribution in [0.1, 0.15) is 38.7 Å². The van der Waals surface area contributed by atoms with Crippen LogP contribution in [0, 0.1) is 0 Å². The summed E-state index contributed by atoms with van der Waals surface area (Å²) in [5, 5.41) is 13.9. The van der Waals surface area contributed by atoms with Crippen molar-refractivity contribution < 1.29 is 9.90 Å². The average molecular weight is 337 g/mol. The van der Waals surface area contributed by atoms with Crippen molar-refractivity contribution in [1.82, 2.24) is 10.2 Å². The van der Waals surface area contributed by atoms with E-state index >= 15 is 0 Å². The van der Waals surface area contributed by atoms with E-state index in [0.717, 1.165) is 24.8 Å². The summed E-state index contributed by atoms with van der Waals surface area (Å²) in [4.78, 5) is 14.4. The van der Waals surface area contributed by atoms with Crippen LogP contribution in [0.4, 0.5) is 4.79 Å². The van der Waals surface area contributed by atoms with E-state index in [1.807, 2.05) is 42.1 Å². The largest absolute Gasteiger partial charge is 0.389 e. The number of thioether (sulfide) groups is 1. The second kappa shape index (κ2) is 8.06. The Labute approximate surface area is 143 Å². The quantitative estimate of drug-likeness (QED) is 0.838. The minimum atomic E-state index is -0.913. The molecule has 0 spiro atoms. The molecule has 0 aliphatic heterocycles. The van der Waals surface area contributed by atoms with Crippen LogP contribution < -0.4 is 5.32 Å². The van der Waals surface area contributed by atoms with Crippen LogP contribution in [0.5, 0.6) is 0 Å². The van der Waals surface area contributed by atoms with Crippen LogP contribution >= 0.6 is 11.8 Å². The third-order valence-corrected chi connectivity index (χ3v) is 5.22. The molecule has 1 aromatic rings. The van der Waals surface area contributed by atoms with Gasteiger partial charge in [0, 0.05) is 17.8 Å². The SMILES string of the molecule is CS[C@H]1CC[C@@H](NC(=O)N(Cc2ccccc2)CC(C)(C)O)C1. The zero-order valence-corrected chi connectivity index (χ0v) is 15.1. The van der Waals surface area contributed by atoms with E-state index < -0.39 is 5.60 Å². The van der Waals surface area contributed by atoms with Gasteiger partial charge in [0.05, 0.1) is 12.1 Å². The summed E-state index contributed by atoms with van der Waals surface area (Å²) in [7, 11) is 0. The van der Waals surface area contributed by atoms with Crippen molar-refractivity contribution in [2.24, 2.45) is 0 Å². The van der Waals surface area contributed by atoms with E-state index in [1.165, 1.54) is 0 Å². The van der Waals surface area contributed by atoms with Gasteiger partial charge in [-0.1, -0.05) is 30.3 Å². The number of hydrogen-bond acceptors (Lipinski definition) is 3. The molecule has 0 saturated heterocycles. The Morgan fingerprint density at radius 2 is 2.04 bits per heavy atom. The molecule has 2 rings (SSSR count). The highest BCUT2D eigenvalue weighted by Gasteiger charge is 2.28. The third-order valence-electron chi connectivity index (χ3n) is 4.13. The lowest BCUT2D eigenvalue weighted by atomic mass is 10.1. The van der Waals surface area contributed by atoms with Gasteiger partial charge in [-0.2, -0.15) is 11.8 Å². The van der Waals surface area contributed by atoms with Crippen LogP contribution in [0.15, 0.2) is 30.3 Å². The summed E-state index contributed by atoms with van der Waals surface area (Å²) >= 11 is 1.88. The first-order valence-corrected chi connectivity index (χ1v) is 9.51. The molecule has 0 heterocycles. The molecule has 0 bridgehead atoms. The Balaban J connectivity index is 1.99. The van der Waals surface area contributed by atoms with E-state index in [-0.39, 0.29) is 12.1 Å². The van der Waals surface area contributed by atoms with Crippen LogP contribution in [0.2, 0.25) is 0 Å². The van der Waals surface area contributed by atoms with Gasteiger partial charge in [-0.3, -0.25) is 0 Å². The van der Waals surface area contributed by atoms with Gasteiger partial charge in [0.2, 0.25) is 0 Å². The lowest BCUT2D eigenvalue weighted by Crippen LogP contribution is -2.48. The molecule has 128 valence electrons. The summed E-state index contributed by atoms with van der Waals surface area (Å²) in [6, 6.07) is 10.1. The summed E-state index contributed by atoms with van der Waals surface area (Å²) in [6.45, 7) is 4.29. The predicted octanol–water partition coefficient (Wildman–Crippen LogP) is 3.25. The second-order valence-corrected chi connectivity index (χ2v) is 8.11. The Hall–Kier alpha value is -1.20. The smallest absolute Gasteiger partial charge is 0.318 e. The van der Waals surface area contributed by atoms with Crippen LogP contribution in [0.3, 0.4) is 0 Å². The highest BCUT2D eigenvalue weighted by Crippen LogP contribution is 2.28. The summed E-state index contributed by atoms with van der Waals surface area (Å²) < 4.78 is 0. The molecule has 1 fully saturated rings. The minimum Gasteiger partial charge on any atom is -0.389 e. The maximum Gasteiger partial charge on any atom is 0.318 e. The minimum absolute atomic E-state index is 0.0808. The van der Waals surface area contributed by atoms with Gasteiger partial charge in [-0.25, -0.2) is 4.79 Å². The van der Waals surface area contributed by atoms with Gasteiger partial charge in [0.25, 0.3) is 0 Å². The number of aliphatic hydroxyl groups is 1. The van der Waals surface area contributed by atoms with E-state index in [1.54, 1.807) is 18.7 Å². The number of benzene rings is 1. The van der Waals surface area contributed by atoms with Gasteiger partial charge in [0.1, 0.15) is 0 Å². The highest BCUT2D eigenvalue weighted by atomic mass is 32.2. The molecule has 5 heteroatoms. The number of urea groups is 1. The number of nitrogens with one attached hydrogen (secondary N) is 1. The number of hydrogen-bond donors (Lipinski definition) is 2. The fraction of sp³-hybridized carbons (Fsp3) is 0.611. The van der Waals surface area contributed by atoms with E-state index in [2.05, 4.69) is 11.6 Å². The zero-order valence-electron chi connectivity index (χ0n) is 14.3. The van der Waals surface area contributed by atoms with E-state index in [4.69, 9.17) is 0 Å². The molecule has 4 nitrogen and oxygen atoms in total. The van der Waals surface area contributed by atoms with Crippen molar-refractivity contribution in [1.29, 1.82) is 0 Å². The van der Waals surface area contributed by atoms with Crippen molar-refractivity contribution in [2.75, 3.05) is 12.8 Å². The van der Waals surface area contributed by atoms with E-state index in [9.17, 15) is 9.90 Å². The molecule has 1 aromatic carbocycles. The first-order valence-electron chi connectivity index (χ1n) is 8.22. The summed E-state index contributed by atoms with van der Waals surface area (Å²) in [5.41, 5.74) is 0.157. The van der Waals surface area contributed by atoms with Crippen molar-refractivity contribution in [3.05, 3.63) is 35.9 Å². The number of carbonyl (C=O) groups excluding carboxylic acids is 1. The molecule has 23 heavy (non-hydrogen) atoms. The Bertz CT molecular complexity index is 501. The van der Waals surface area contributed by atoms with Crippen molar-refractivity contribution >= 4 is 17.8 Å². The van der Waals surface area contributed by atoms with Gasteiger partial charge in [0.15, 0.2) is 0 Å². The number of nitrogens with zero attached hydrogens (tertiary/aromatic N) is 1. The van der Waals surface area contributed by atoms with Gasteiger partial charge in [-0.05, 0) is 44.9 Å². The lowest BCUT2D eigenvalue weighted by Gasteiger charge is -2.30. The van der Waals surface area contributed by atoms with Gasteiger partial charge < -0.3 is 15.3 Å². The molecular weight excluding hydrogens is 308 g/mol. The second-order valence-electron chi connectivity index (χ2n) is 6.97. The Kier molecular flexibility index (Phi) is 6.36. The summed E-state index contributed by atoms with van der Waals surface area (Å²) in [6.07, 6.45) is 5.37. The molecule has 1 saturated carbocycles. The molecule has 1 aliphatic carbocycles. The Morgan fingerprint density at radius 1 is 1.35 bits per heavy atom. The fourth-order valence-corrected chi connectivity index (χ4v) is 3.82. The molecular formula is C18H28N2O2S. The average Bonchev–Trinajstić information content (AvgIpc) is 2.94. The number of amides is 2. The molecule has 2 atom stereocenters. The monoisotopic (exact) mass is 336 g/mol. The van der Waals surface area contributed by atoms with Crippen LogP contribution in [-0.2, 0) is 6.54 Å². The molecule has 0 aromatic heterocycles. The number of carbonyl (C=O) groups is 1. The van der Waals surface area contributed by atoms with Crippen molar-refractivity contribution in [2.45, 2.75) is 56.5 Å². The first-order chi connectivity index (χ1) is 10.9. The lowest BCUT2D eigenvalue weighted by molar-refractivity contribution is 0.0442. The highest BCUT2D eigenvalue weighted by molar-refractivity contribution is 7.99.